The van der Waals surface area contributed by atoms with E-state index in [1.807, 2.05) is 0 Å². The Labute approximate surface area is 183 Å². The third kappa shape index (κ3) is 5.41. The van der Waals surface area contributed by atoms with Gasteiger partial charge in [-0.25, -0.2) is 13.8 Å². The average Bonchev–Trinajstić information content (AvgIpc) is 2.93. The zero-order valence-electron chi connectivity index (χ0n) is 14.4. The maximum absolute atomic E-state index is 14.0. The van der Waals surface area contributed by atoms with Gasteiger partial charge in [0.15, 0.2) is 4.80 Å². The van der Waals surface area contributed by atoms with Gasteiger partial charge in [-0.1, -0.05) is 27.5 Å². The Morgan fingerprint density at radius 3 is 2.71 bits per heavy atom. The Morgan fingerprint density at radius 2 is 2.04 bits per heavy atom. The number of carbonyl (C=O) groups excluding carboxylic acids is 1. The molecule has 0 aliphatic carbocycles. The molecular formula is C18H14BrCl2F2N3OS. The fourth-order valence-electron chi connectivity index (χ4n) is 2.29. The summed E-state index contributed by atoms with van der Waals surface area (Å²) < 4.78 is 29.4. The van der Waals surface area contributed by atoms with Gasteiger partial charge in [-0.15, -0.1) is 23.7 Å². The Kier molecular flexibility index (Phi) is 7.77. The molecule has 1 heterocycles. The fraction of sp³-hybridized carbons (Fsp3) is 0.111. The number of hydrogen-bond acceptors (Lipinski definition) is 3. The molecule has 2 aromatic carbocycles. The third-order valence-electron chi connectivity index (χ3n) is 3.69. The highest BCUT2D eigenvalue weighted by Gasteiger charge is 2.11. The summed E-state index contributed by atoms with van der Waals surface area (Å²) in [5.41, 5.74) is 1.25. The summed E-state index contributed by atoms with van der Waals surface area (Å²) in [6.07, 6.45) is 0.0685. The minimum Gasteiger partial charge on any atom is -0.324 e. The van der Waals surface area contributed by atoms with E-state index in [0.717, 1.165) is 6.07 Å². The highest BCUT2D eigenvalue weighted by atomic mass is 79.9. The molecule has 4 nitrogen and oxygen atoms in total. The molecular weight excluding hydrogens is 495 g/mol. The van der Waals surface area contributed by atoms with Crippen molar-refractivity contribution >= 4 is 68.6 Å². The lowest BCUT2D eigenvalue weighted by atomic mass is 10.2. The number of benzene rings is 2. The van der Waals surface area contributed by atoms with Crippen molar-refractivity contribution < 1.29 is 13.6 Å². The van der Waals surface area contributed by atoms with Crippen LogP contribution >= 0.6 is 51.3 Å². The van der Waals surface area contributed by atoms with Crippen LogP contribution in [0.2, 0.25) is 5.02 Å². The van der Waals surface area contributed by atoms with Crippen LogP contribution in [-0.4, -0.2) is 10.5 Å². The molecule has 0 radical (unpaired) electrons. The molecule has 0 bridgehead atoms. The van der Waals surface area contributed by atoms with Gasteiger partial charge in [-0.05, 0) is 36.4 Å². The largest absolute Gasteiger partial charge is 0.324 e. The number of amides is 1. The number of aromatic nitrogens is 1. The Hall–Kier alpha value is -1.74. The van der Waals surface area contributed by atoms with Crippen LogP contribution < -0.4 is 10.1 Å². The van der Waals surface area contributed by atoms with Gasteiger partial charge in [0.05, 0.1) is 17.1 Å². The van der Waals surface area contributed by atoms with Crippen molar-refractivity contribution in [2.24, 2.45) is 12.0 Å². The van der Waals surface area contributed by atoms with E-state index in [1.165, 1.54) is 29.5 Å². The molecule has 0 atom stereocenters. The van der Waals surface area contributed by atoms with E-state index in [2.05, 4.69) is 26.2 Å². The van der Waals surface area contributed by atoms with E-state index in [9.17, 15) is 13.6 Å². The second-order valence-electron chi connectivity index (χ2n) is 5.63. The number of carbonyl (C=O) groups is 1. The molecule has 3 aromatic rings. The Balaban J connectivity index is 0.00000280. The molecule has 0 saturated heterocycles. The zero-order valence-corrected chi connectivity index (χ0v) is 18.4. The molecule has 0 saturated carbocycles. The highest BCUT2D eigenvalue weighted by molar-refractivity contribution is 9.10. The number of rotatable bonds is 4. The van der Waals surface area contributed by atoms with Crippen molar-refractivity contribution in [1.29, 1.82) is 0 Å². The lowest BCUT2D eigenvalue weighted by molar-refractivity contribution is -0.115. The van der Waals surface area contributed by atoms with E-state index in [-0.39, 0.29) is 35.4 Å². The van der Waals surface area contributed by atoms with Crippen LogP contribution in [0, 0.1) is 11.6 Å². The summed E-state index contributed by atoms with van der Waals surface area (Å²) in [5, 5.41) is 4.55. The zero-order chi connectivity index (χ0) is 19.6. The van der Waals surface area contributed by atoms with Crippen LogP contribution in [0.1, 0.15) is 5.69 Å². The first-order valence-electron chi connectivity index (χ1n) is 7.71. The van der Waals surface area contributed by atoms with Crippen LogP contribution in [0.3, 0.4) is 0 Å². The number of nitrogens with zero attached hydrogens (tertiary/aromatic N) is 2. The SMILES string of the molecule is Cl.Cn1c(CC(=O)Nc2ccc(F)cc2Cl)csc1=Nc1ccc(Br)cc1F. The molecule has 3 rings (SSSR count). The van der Waals surface area contributed by atoms with Crippen molar-refractivity contribution in [1.82, 2.24) is 4.57 Å². The molecule has 0 fully saturated rings. The molecule has 10 heteroatoms. The number of hydrogen-bond donors (Lipinski definition) is 1. The van der Waals surface area contributed by atoms with Crippen molar-refractivity contribution in [3.8, 4) is 0 Å². The van der Waals surface area contributed by atoms with Crippen molar-refractivity contribution in [2.45, 2.75) is 6.42 Å². The minimum atomic E-state index is -0.478. The molecule has 148 valence electrons. The van der Waals surface area contributed by atoms with Crippen molar-refractivity contribution in [3.05, 3.63) is 73.4 Å². The van der Waals surface area contributed by atoms with Crippen LogP contribution in [0.5, 0.6) is 0 Å². The van der Waals surface area contributed by atoms with E-state index < -0.39 is 11.6 Å². The first kappa shape index (κ1) is 22.5. The van der Waals surface area contributed by atoms with Crippen LogP contribution in [0.15, 0.2) is 51.2 Å². The maximum Gasteiger partial charge on any atom is 0.230 e. The standard InChI is InChI=1S/C18H13BrClF2N3OS.ClH/c1-25-12(8-17(26)23-15-5-3-11(21)7-13(15)20)9-27-18(25)24-16-4-2-10(19)6-14(16)22;/h2-7,9H,8H2,1H3,(H,23,26);1H. The first-order chi connectivity index (χ1) is 12.8. The summed E-state index contributed by atoms with van der Waals surface area (Å²) in [6, 6.07) is 8.37. The van der Waals surface area contributed by atoms with Crippen LogP contribution in [0.4, 0.5) is 20.2 Å². The van der Waals surface area contributed by atoms with Gasteiger partial charge in [0, 0.05) is 22.6 Å². The molecule has 0 spiro atoms. The monoisotopic (exact) mass is 507 g/mol. The molecule has 0 aliphatic rings. The number of thiazole rings is 1. The van der Waals surface area contributed by atoms with Gasteiger partial charge in [-0.2, -0.15) is 0 Å². The van der Waals surface area contributed by atoms with Crippen LogP contribution in [0.25, 0.3) is 0 Å². The van der Waals surface area contributed by atoms with Crippen molar-refractivity contribution in [3.63, 3.8) is 0 Å². The topological polar surface area (TPSA) is 46.4 Å². The normalized spacial score (nSPS) is 11.2. The van der Waals surface area contributed by atoms with E-state index in [0.29, 0.717) is 20.7 Å². The molecule has 0 aliphatic heterocycles. The van der Waals surface area contributed by atoms with Gasteiger partial charge in [0.25, 0.3) is 0 Å². The molecule has 1 N–H and O–H groups in total. The Morgan fingerprint density at radius 1 is 1.29 bits per heavy atom. The molecule has 28 heavy (non-hydrogen) atoms. The maximum atomic E-state index is 14.0. The van der Waals surface area contributed by atoms with Crippen molar-refractivity contribution in [2.75, 3.05) is 5.32 Å². The number of nitrogens with one attached hydrogen (secondary N) is 1. The third-order valence-corrected chi connectivity index (χ3v) is 5.46. The van der Waals surface area contributed by atoms with Gasteiger partial charge in [-0.3, -0.25) is 4.79 Å². The van der Waals surface area contributed by atoms with E-state index >= 15 is 0 Å². The second-order valence-corrected chi connectivity index (χ2v) is 7.78. The summed E-state index contributed by atoms with van der Waals surface area (Å²) in [6.45, 7) is 0. The second kappa shape index (κ2) is 9.65. The van der Waals surface area contributed by atoms with Gasteiger partial charge < -0.3 is 9.88 Å². The smallest absolute Gasteiger partial charge is 0.230 e. The summed E-state index contributed by atoms with van der Waals surface area (Å²) in [7, 11) is 1.75. The summed E-state index contributed by atoms with van der Waals surface area (Å²) >= 11 is 10.4. The first-order valence-corrected chi connectivity index (χ1v) is 9.76. The molecule has 1 amide bonds. The predicted molar refractivity (Wildman–Crippen MR) is 114 cm³/mol. The predicted octanol–water partition coefficient (Wildman–Crippen LogP) is 5.62. The molecule has 1 aromatic heterocycles. The molecule has 0 unspecified atom stereocenters. The minimum absolute atomic E-state index is 0. The number of halogens is 5. The quantitative estimate of drug-likeness (QED) is 0.488. The number of anilines is 1. The Bertz CT molecular complexity index is 1080. The van der Waals surface area contributed by atoms with Gasteiger partial charge >= 0.3 is 0 Å². The average molecular weight is 509 g/mol. The van der Waals surface area contributed by atoms with E-state index in [4.69, 9.17) is 11.6 Å². The van der Waals surface area contributed by atoms with Gasteiger partial charge in [0.1, 0.15) is 17.3 Å². The van der Waals surface area contributed by atoms with Gasteiger partial charge in [0.2, 0.25) is 5.91 Å². The lowest BCUT2D eigenvalue weighted by Crippen LogP contribution is -2.19. The fourth-order valence-corrected chi connectivity index (χ4v) is 3.74. The lowest BCUT2D eigenvalue weighted by Gasteiger charge is -2.07. The van der Waals surface area contributed by atoms with Crippen LogP contribution in [-0.2, 0) is 18.3 Å². The summed E-state index contributed by atoms with van der Waals surface area (Å²) in [5.74, 6) is -1.23. The summed E-state index contributed by atoms with van der Waals surface area (Å²) in [4.78, 5) is 17.1. The highest BCUT2D eigenvalue weighted by Crippen LogP contribution is 2.23. The van der Waals surface area contributed by atoms with E-state index in [1.54, 1.807) is 29.1 Å².